The Morgan fingerprint density at radius 2 is 1.86 bits per heavy atom. The van der Waals surface area contributed by atoms with Crippen molar-refractivity contribution in [2.75, 3.05) is 17.1 Å². The fourth-order valence-electron chi connectivity index (χ4n) is 2.44. The number of carbonyl (C=O) groups excluding carboxylic acids is 1. The Balaban J connectivity index is 1.99. The van der Waals surface area contributed by atoms with Crippen molar-refractivity contribution in [2.45, 2.75) is 18.9 Å². The van der Waals surface area contributed by atoms with Gasteiger partial charge in [0.25, 0.3) is 0 Å². The summed E-state index contributed by atoms with van der Waals surface area (Å²) in [4.78, 5) is 12.0. The predicted molar refractivity (Wildman–Crippen MR) is 87.3 cm³/mol. The van der Waals surface area contributed by atoms with E-state index < -0.39 is 10.0 Å². The van der Waals surface area contributed by atoms with Gasteiger partial charge in [-0.25, -0.2) is 8.42 Å². The van der Waals surface area contributed by atoms with E-state index in [1.165, 1.54) is 4.31 Å². The van der Waals surface area contributed by atoms with Crippen LogP contribution in [0.3, 0.4) is 0 Å². The zero-order valence-corrected chi connectivity index (χ0v) is 13.1. The minimum Gasteiger partial charge on any atom is -0.352 e. The molecule has 1 saturated carbocycles. The molecule has 1 fully saturated rings. The van der Waals surface area contributed by atoms with E-state index in [-0.39, 0.29) is 18.5 Å². The number of hydrogen-bond acceptors (Lipinski definition) is 3. The van der Waals surface area contributed by atoms with Crippen LogP contribution in [0.5, 0.6) is 0 Å². The molecule has 5 nitrogen and oxygen atoms in total. The van der Waals surface area contributed by atoms with Crippen molar-refractivity contribution in [3.05, 3.63) is 42.5 Å². The molecule has 0 bridgehead atoms. The fraction of sp³-hybridized carbons (Fsp3) is 0.312. The maximum atomic E-state index is 12.2. The smallest absolute Gasteiger partial charge is 0.240 e. The predicted octanol–water partition coefficient (Wildman–Crippen LogP) is 1.88. The average Bonchev–Trinajstić information content (AvgIpc) is 3.27. The first-order valence-electron chi connectivity index (χ1n) is 7.20. The van der Waals surface area contributed by atoms with Gasteiger partial charge in [-0.15, -0.1) is 0 Å². The minimum absolute atomic E-state index is 0.191. The van der Waals surface area contributed by atoms with Crippen molar-refractivity contribution in [3.8, 4) is 0 Å². The minimum atomic E-state index is -3.55. The third-order valence-corrected chi connectivity index (χ3v) is 4.79. The van der Waals surface area contributed by atoms with Crippen molar-refractivity contribution in [2.24, 2.45) is 0 Å². The first kappa shape index (κ1) is 14.8. The molecule has 1 aliphatic carbocycles. The summed E-state index contributed by atoms with van der Waals surface area (Å²) in [5.74, 6) is -0.263. The van der Waals surface area contributed by atoms with E-state index in [1.54, 1.807) is 12.1 Å². The molecule has 2 aromatic carbocycles. The van der Waals surface area contributed by atoms with Gasteiger partial charge in [-0.1, -0.05) is 36.4 Å². The van der Waals surface area contributed by atoms with E-state index in [0.717, 1.165) is 29.9 Å². The summed E-state index contributed by atoms with van der Waals surface area (Å²) in [5.41, 5.74) is 0.534. The Morgan fingerprint density at radius 1 is 1.18 bits per heavy atom. The molecule has 0 radical (unpaired) electrons. The lowest BCUT2D eigenvalue weighted by Crippen LogP contribution is -2.41. The molecule has 0 saturated heterocycles. The lowest BCUT2D eigenvalue weighted by Gasteiger charge is -2.23. The van der Waals surface area contributed by atoms with Gasteiger partial charge in [0.2, 0.25) is 15.9 Å². The number of sulfonamides is 1. The number of amides is 1. The van der Waals surface area contributed by atoms with Crippen LogP contribution in [0.4, 0.5) is 5.69 Å². The molecule has 2 aromatic rings. The van der Waals surface area contributed by atoms with Gasteiger partial charge in [0.1, 0.15) is 6.54 Å². The lowest BCUT2D eigenvalue weighted by molar-refractivity contribution is -0.119. The number of anilines is 1. The van der Waals surface area contributed by atoms with Gasteiger partial charge in [0.15, 0.2) is 0 Å². The zero-order valence-electron chi connectivity index (χ0n) is 12.3. The Kier molecular flexibility index (Phi) is 3.78. The summed E-state index contributed by atoms with van der Waals surface area (Å²) < 4.78 is 25.5. The van der Waals surface area contributed by atoms with Crippen LogP contribution in [-0.2, 0) is 14.8 Å². The molecule has 0 spiro atoms. The van der Waals surface area contributed by atoms with Crippen molar-refractivity contribution in [1.29, 1.82) is 0 Å². The van der Waals surface area contributed by atoms with Crippen molar-refractivity contribution < 1.29 is 13.2 Å². The van der Waals surface area contributed by atoms with Crippen LogP contribution < -0.4 is 9.62 Å². The van der Waals surface area contributed by atoms with Crippen LogP contribution >= 0.6 is 0 Å². The highest BCUT2D eigenvalue weighted by atomic mass is 32.2. The van der Waals surface area contributed by atoms with E-state index >= 15 is 0 Å². The molecule has 0 aromatic heterocycles. The summed E-state index contributed by atoms with van der Waals surface area (Å²) in [5, 5.41) is 4.58. The Morgan fingerprint density at radius 3 is 2.55 bits per heavy atom. The quantitative estimate of drug-likeness (QED) is 0.915. The van der Waals surface area contributed by atoms with E-state index in [2.05, 4.69) is 5.32 Å². The topological polar surface area (TPSA) is 66.5 Å². The highest BCUT2D eigenvalue weighted by Crippen LogP contribution is 2.28. The van der Waals surface area contributed by atoms with Crippen molar-refractivity contribution >= 4 is 32.4 Å². The Labute approximate surface area is 130 Å². The SMILES string of the molecule is CS(=O)(=O)N(CC(=O)NC1CC1)c1cccc2ccccc12. The van der Waals surface area contributed by atoms with Gasteiger partial charge in [-0.2, -0.15) is 0 Å². The molecule has 6 heteroatoms. The molecule has 0 aliphatic heterocycles. The second-order valence-electron chi connectivity index (χ2n) is 5.61. The van der Waals surface area contributed by atoms with Crippen LogP contribution in [0.25, 0.3) is 10.8 Å². The lowest BCUT2D eigenvalue weighted by atomic mass is 10.1. The summed E-state index contributed by atoms with van der Waals surface area (Å²) in [6.45, 7) is -0.191. The van der Waals surface area contributed by atoms with Crippen LogP contribution in [0.2, 0.25) is 0 Å². The number of carbonyl (C=O) groups is 1. The normalized spacial score (nSPS) is 14.8. The van der Waals surface area contributed by atoms with Gasteiger partial charge < -0.3 is 5.32 Å². The van der Waals surface area contributed by atoms with Crippen LogP contribution in [-0.4, -0.2) is 33.2 Å². The number of benzene rings is 2. The molecule has 1 N–H and O–H groups in total. The number of nitrogens with zero attached hydrogens (tertiary/aromatic N) is 1. The maximum absolute atomic E-state index is 12.2. The number of nitrogens with one attached hydrogen (secondary N) is 1. The molecule has 1 aliphatic rings. The third kappa shape index (κ3) is 3.22. The Bertz CT molecular complexity index is 808. The van der Waals surface area contributed by atoms with E-state index in [1.807, 2.05) is 30.3 Å². The largest absolute Gasteiger partial charge is 0.352 e. The zero-order chi connectivity index (χ0) is 15.7. The van der Waals surface area contributed by atoms with Gasteiger partial charge in [0, 0.05) is 11.4 Å². The van der Waals surface area contributed by atoms with E-state index in [4.69, 9.17) is 0 Å². The number of hydrogen-bond donors (Lipinski definition) is 1. The van der Waals surface area contributed by atoms with Crippen LogP contribution in [0.1, 0.15) is 12.8 Å². The highest BCUT2D eigenvalue weighted by Gasteiger charge is 2.27. The van der Waals surface area contributed by atoms with Crippen LogP contribution in [0.15, 0.2) is 42.5 Å². The average molecular weight is 318 g/mol. The van der Waals surface area contributed by atoms with Gasteiger partial charge in [-0.05, 0) is 24.3 Å². The number of fused-ring (bicyclic) bond motifs is 1. The fourth-order valence-corrected chi connectivity index (χ4v) is 3.31. The molecule has 22 heavy (non-hydrogen) atoms. The van der Waals surface area contributed by atoms with Crippen LogP contribution in [0, 0.1) is 0 Å². The van der Waals surface area contributed by atoms with E-state index in [9.17, 15) is 13.2 Å². The monoisotopic (exact) mass is 318 g/mol. The second-order valence-corrected chi connectivity index (χ2v) is 7.52. The molecule has 0 unspecified atom stereocenters. The standard InChI is InChI=1S/C16H18N2O3S/c1-22(20,21)18(11-16(19)17-13-9-10-13)15-8-4-6-12-5-2-3-7-14(12)15/h2-8,13H,9-11H2,1H3,(H,17,19). The van der Waals surface area contributed by atoms with Gasteiger partial charge >= 0.3 is 0 Å². The molecule has 116 valence electrons. The van der Waals surface area contributed by atoms with Crippen molar-refractivity contribution in [1.82, 2.24) is 5.32 Å². The second kappa shape index (κ2) is 5.61. The first-order chi connectivity index (χ1) is 10.4. The van der Waals surface area contributed by atoms with Gasteiger partial charge in [0.05, 0.1) is 11.9 Å². The molecule has 3 rings (SSSR count). The highest BCUT2D eigenvalue weighted by molar-refractivity contribution is 7.92. The molecule has 1 amide bonds. The van der Waals surface area contributed by atoms with Gasteiger partial charge in [-0.3, -0.25) is 9.10 Å². The van der Waals surface area contributed by atoms with E-state index in [0.29, 0.717) is 5.69 Å². The molecular formula is C16H18N2O3S. The molecular weight excluding hydrogens is 300 g/mol. The first-order valence-corrected chi connectivity index (χ1v) is 9.05. The summed E-state index contributed by atoms with van der Waals surface area (Å²) >= 11 is 0. The van der Waals surface area contributed by atoms with Crippen molar-refractivity contribution in [3.63, 3.8) is 0 Å². The summed E-state index contributed by atoms with van der Waals surface area (Å²) in [7, 11) is -3.55. The molecule has 0 heterocycles. The summed E-state index contributed by atoms with van der Waals surface area (Å²) in [6.07, 6.45) is 3.07. The maximum Gasteiger partial charge on any atom is 0.240 e. The summed E-state index contributed by atoms with van der Waals surface area (Å²) in [6, 6.07) is 13.2. The Hall–Kier alpha value is -2.08. The number of rotatable bonds is 5. The third-order valence-electron chi connectivity index (χ3n) is 3.67. The molecule has 0 atom stereocenters.